The van der Waals surface area contributed by atoms with Gasteiger partial charge >= 0.3 is 6.03 Å². The van der Waals surface area contributed by atoms with Crippen molar-refractivity contribution >= 4 is 23.1 Å². The average molecular weight is 514 g/mol. The number of para-hydroxylation sites is 2. The van der Waals surface area contributed by atoms with Crippen molar-refractivity contribution in [1.82, 2.24) is 9.47 Å². The topological polar surface area (TPSA) is 55.7 Å². The van der Waals surface area contributed by atoms with Crippen molar-refractivity contribution in [2.75, 3.05) is 19.0 Å². The minimum absolute atomic E-state index is 0.160. The van der Waals surface area contributed by atoms with Crippen LogP contribution in [0.15, 0.2) is 66.9 Å². The highest BCUT2D eigenvalue weighted by Crippen LogP contribution is 2.44. The summed E-state index contributed by atoms with van der Waals surface area (Å²) < 4.78 is 13.7. The minimum Gasteiger partial charge on any atom is -0.495 e. The van der Waals surface area contributed by atoms with E-state index in [0.29, 0.717) is 24.6 Å². The van der Waals surface area contributed by atoms with E-state index in [4.69, 9.17) is 9.47 Å². The first-order chi connectivity index (χ1) is 18.2. The molecule has 1 atom stereocenters. The van der Waals surface area contributed by atoms with E-state index < -0.39 is 0 Å². The third-order valence-corrected chi connectivity index (χ3v) is 8.61. The maximum atomic E-state index is 14.1. The molecule has 1 N–H and O–H groups in total. The summed E-state index contributed by atoms with van der Waals surface area (Å²) in [6, 6.07) is 19.4. The van der Waals surface area contributed by atoms with Crippen LogP contribution in [-0.4, -0.2) is 29.2 Å². The maximum Gasteiger partial charge on any atom is 0.323 e. The second-order valence-corrected chi connectivity index (χ2v) is 10.5. The number of fused-ring (bicyclic) bond motifs is 5. The highest BCUT2D eigenvalue weighted by Gasteiger charge is 2.36. The molecule has 0 fully saturated rings. The highest BCUT2D eigenvalue weighted by atomic mass is 32.1. The van der Waals surface area contributed by atoms with Crippen LogP contribution in [0, 0.1) is 0 Å². The molecule has 4 aromatic rings. The van der Waals surface area contributed by atoms with Gasteiger partial charge in [-0.05, 0) is 80.1 Å². The second-order valence-electron chi connectivity index (χ2n) is 9.46. The summed E-state index contributed by atoms with van der Waals surface area (Å²) in [6.45, 7) is 3.11. The molecule has 0 saturated carbocycles. The van der Waals surface area contributed by atoms with Gasteiger partial charge in [0, 0.05) is 16.6 Å². The Morgan fingerprint density at radius 3 is 2.78 bits per heavy atom. The van der Waals surface area contributed by atoms with Gasteiger partial charge in [0.05, 0.1) is 37.7 Å². The summed E-state index contributed by atoms with van der Waals surface area (Å²) in [5.74, 6) is 1.44. The van der Waals surface area contributed by atoms with Crippen LogP contribution < -0.4 is 14.8 Å². The molecule has 1 aliphatic carbocycles. The molecule has 0 saturated heterocycles. The fraction of sp³-hybridized carbons (Fsp3) is 0.300. The Balaban J connectivity index is 1.49. The lowest BCUT2D eigenvalue weighted by Crippen LogP contribution is -2.38. The first-order valence-corrected chi connectivity index (χ1v) is 13.7. The van der Waals surface area contributed by atoms with Crippen molar-refractivity contribution in [3.05, 3.63) is 94.1 Å². The summed E-state index contributed by atoms with van der Waals surface area (Å²) in [4.78, 5) is 17.6. The molecule has 6 nitrogen and oxygen atoms in total. The largest absolute Gasteiger partial charge is 0.495 e. The number of nitrogens with one attached hydrogen (secondary N) is 1. The first-order valence-electron chi connectivity index (χ1n) is 12.9. The van der Waals surface area contributed by atoms with E-state index in [1.807, 2.05) is 59.6 Å². The lowest BCUT2D eigenvalue weighted by molar-refractivity contribution is 0.194. The Morgan fingerprint density at radius 1 is 1.05 bits per heavy atom. The molecule has 1 aliphatic heterocycles. The normalized spacial score (nSPS) is 16.3. The summed E-state index contributed by atoms with van der Waals surface area (Å²) in [6.07, 6.45) is 6.76. The Morgan fingerprint density at radius 2 is 1.92 bits per heavy atom. The van der Waals surface area contributed by atoms with Gasteiger partial charge < -0.3 is 24.3 Å². The Kier molecular flexibility index (Phi) is 6.38. The standard InChI is InChI=1S/C30H31N3O3S/c1-3-36-21-11-8-10-20(18-21)28-25-14-9-17-32(25)29-23(22-12-4-7-16-27(22)37-29)19-33(28)30(34)31-24-13-5-6-15-26(24)35-2/h5-6,8-11,13-15,17-18,28H,3-4,7,12,16,19H2,1-2H3,(H,31,34)/t28-/m1/s1. The van der Waals surface area contributed by atoms with Crippen LogP contribution in [0.2, 0.25) is 0 Å². The number of benzene rings is 2. The zero-order chi connectivity index (χ0) is 25.4. The molecule has 0 bridgehead atoms. The van der Waals surface area contributed by atoms with E-state index in [-0.39, 0.29) is 12.1 Å². The van der Waals surface area contributed by atoms with Gasteiger partial charge in [-0.1, -0.05) is 24.3 Å². The predicted molar refractivity (Wildman–Crippen MR) is 147 cm³/mol. The molecule has 2 aromatic carbocycles. The van der Waals surface area contributed by atoms with Crippen molar-refractivity contribution < 1.29 is 14.3 Å². The number of nitrogens with zero attached hydrogens (tertiary/aromatic N) is 2. The summed E-state index contributed by atoms with van der Waals surface area (Å²) in [7, 11) is 1.62. The van der Waals surface area contributed by atoms with Crippen molar-refractivity contribution in [2.24, 2.45) is 0 Å². The number of hydrogen-bond donors (Lipinski definition) is 1. The molecule has 3 heterocycles. The van der Waals surface area contributed by atoms with E-state index >= 15 is 0 Å². The first kappa shape index (κ1) is 23.7. The van der Waals surface area contributed by atoms with Crippen LogP contribution in [0.25, 0.3) is 5.00 Å². The minimum atomic E-state index is -0.288. The Hall–Kier alpha value is -3.71. The lowest BCUT2D eigenvalue weighted by Gasteiger charge is -2.32. The molecule has 0 spiro atoms. The number of ether oxygens (including phenoxy) is 2. The van der Waals surface area contributed by atoms with Crippen molar-refractivity contribution in [3.8, 4) is 16.5 Å². The lowest BCUT2D eigenvalue weighted by atomic mass is 9.95. The van der Waals surface area contributed by atoms with Gasteiger partial charge in [0.2, 0.25) is 0 Å². The number of amides is 2. The van der Waals surface area contributed by atoms with E-state index in [0.717, 1.165) is 29.8 Å². The number of thiophene rings is 1. The Bertz CT molecular complexity index is 1440. The fourth-order valence-electron chi connectivity index (χ4n) is 5.61. The van der Waals surface area contributed by atoms with E-state index in [9.17, 15) is 4.79 Å². The van der Waals surface area contributed by atoms with E-state index in [2.05, 4.69) is 40.3 Å². The average Bonchev–Trinajstić information content (AvgIpc) is 3.51. The molecule has 6 rings (SSSR count). The number of carbonyl (C=O) groups excluding carboxylic acids is 1. The molecular formula is C30H31N3O3S. The van der Waals surface area contributed by atoms with Crippen molar-refractivity contribution in [1.29, 1.82) is 0 Å². The number of aryl methyl sites for hydroxylation is 1. The van der Waals surface area contributed by atoms with Crippen LogP contribution in [0.4, 0.5) is 10.5 Å². The number of hydrogen-bond acceptors (Lipinski definition) is 4. The van der Waals surface area contributed by atoms with Gasteiger partial charge in [-0.25, -0.2) is 4.79 Å². The van der Waals surface area contributed by atoms with Gasteiger partial charge in [-0.15, -0.1) is 11.3 Å². The van der Waals surface area contributed by atoms with Crippen LogP contribution in [0.3, 0.4) is 0 Å². The van der Waals surface area contributed by atoms with Crippen molar-refractivity contribution in [3.63, 3.8) is 0 Å². The third kappa shape index (κ3) is 4.27. The van der Waals surface area contributed by atoms with Crippen LogP contribution >= 0.6 is 11.3 Å². The van der Waals surface area contributed by atoms with Crippen LogP contribution in [0.5, 0.6) is 11.5 Å². The summed E-state index contributed by atoms with van der Waals surface area (Å²) >= 11 is 1.89. The quantitative estimate of drug-likeness (QED) is 0.314. The van der Waals surface area contributed by atoms with Crippen LogP contribution in [0.1, 0.15) is 53.1 Å². The fourth-order valence-corrected chi connectivity index (χ4v) is 7.02. The van der Waals surface area contributed by atoms with Gasteiger partial charge in [0.1, 0.15) is 16.5 Å². The van der Waals surface area contributed by atoms with E-state index in [1.54, 1.807) is 7.11 Å². The Labute approximate surface area is 221 Å². The molecule has 7 heteroatoms. The molecule has 190 valence electrons. The molecule has 0 radical (unpaired) electrons. The second kappa shape index (κ2) is 9.98. The van der Waals surface area contributed by atoms with Crippen molar-refractivity contribution in [2.45, 2.75) is 45.2 Å². The molecule has 2 aromatic heterocycles. The van der Waals surface area contributed by atoms with E-state index in [1.165, 1.54) is 33.8 Å². The smallest absolute Gasteiger partial charge is 0.323 e. The molecule has 37 heavy (non-hydrogen) atoms. The summed E-state index contributed by atoms with van der Waals surface area (Å²) in [5.41, 5.74) is 5.45. The molecular weight excluding hydrogens is 482 g/mol. The molecule has 0 unspecified atom stereocenters. The zero-order valence-electron chi connectivity index (χ0n) is 21.2. The number of rotatable bonds is 5. The molecule has 2 aliphatic rings. The number of anilines is 1. The monoisotopic (exact) mass is 513 g/mol. The van der Waals surface area contributed by atoms with Gasteiger partial charge in [-0.3, -0.25) is 0 Å². The van der Waals surface area contributed by atoms with Gasteiger partial charge in [0.25, 0.3) is 0 Å². The third-order valence-electron chi connectivity index (χ3n) is 7.27. The number of carbonyl (C=O) groups is 1. The van der Waals surface area contributed by atoms with Gasteiger partial charge in [-0.2, -0.15) is 0 Å². The van der Waals surface area contributed by atoms with Gasteiger partial charge in [0.15, 0.2) is 0 Å². The number of methoxy groups -OCH3 is 1. The summed E-state index contributed by atoms with van der Waals surface area (Å²) in [5, 5.41) is 4.39. The number of aromatic nitrogens is 1. The highest BCUT2D eigenvalue weighted by molar-refractivity contribution is 7.15. The predicted octanol–water partition coefficient (Wildman–Crippen LogP) is 6.96. The molecule has 2 amide bonds. The maximum absolute atomic E-state index is 14.1. The SMILES string of the molecule is CCOc1cccc([C@@H]2c3cccn3-c3sc4c(c3CN2C(=O)Nc2ccccc2OC)CCCC4)c1. The van der Waals surface area contributed by atoms with Crippen LogP contribution in [-0.2, 0) is 19.4 Å². The number of urea groups is 1. The zero-order valence-corrected chi connectivity index (χ0v) is 22.0.